The predicted molar refractivity (Wildman–Crippen MR) is 307 cm³/mol. The third-order valence-electron chi connectivity index (χ3n) is 13.8. The molecule has 0 aliphatic rings. The standard InChI is InChI=1S/C65H118O6/c1-4-7-10-13-16-19-22-24-26-28-30-31-32-33-35-36-38-40-43-46-49-52-55-58-64(67)70-61-62(60-69-63(66)57-54-51-48-45-42-21-18-15-12-9-6-3)71-65(68)59-56-53-50-47-44-41-39-37-34-29-27-25-23-20-17-14-11-8-5-2/h8,11,17,20,25,27,34,37,62H,4-7,9-10,12-16,18-19,21-24,26,28-33,35-36,38-61H2,1-3H3/b11-8-,20-17-,27-25-,37-34-. The molecule has 0 aromatic carbocycles. The summed E-state index contributed by atoms with van der Waals surface area (Å²) in [5.41, 5.74) is 0. The number of hydrogen-bond donors (Lipinski definition) is 0. The Bertz CT molecular complexity index is 1230. The highest BCUT2D eigenvalue weighted by Crippen LogP contribution is 2.17. The van der Waals surface area contributed by atoms with E-state index in [0.717, 1.165) is 96.3 Å². The first-order valence-electron chi connectivity index (χ1n) is 31.1. The fourth-order valence-electron chi connectivity index (χ4n) is 9.20. The summed E-state index contributed by atoms with van der Waals surface area (Å²) >= 11 is 0. The van der Waals surface area contributed by atoms with Gasteiger partial charge in [0.25, 0.3) is 0 Å². The number of hydrogen-bond acceptors (Lipinski definition) is 6. The molecule has 0 spiro atoms. The van der Waals surface area contributed by atoms with E-state index >= 15 is 0 Å². The molecule has 414 valence electrons. The van der Waals surface area contributed by atoms with Gasteiger partial charge in [-0.1, -0.05) is 301 Å². The number of carbonyl (C=O) groups is 3. The molecule has 6 heteroatoms. The SMILES string of the molecule is CC/C=C\C/C=C\C/C=C\C/C=C\CCCCCCCCC(=O)OC(COC(=O)CCCCCCCCCCCCC)COC(=O)CCCCCCCCCCCCCCCCCCCCCCCCC. The average Bonchev–Trinajstić information content (AvgIpc) is 3.37. The summed E-state index contributed by atoms with van der Waals surface area (Å²) in [5.74, 6) is -0.870. The maximum absolute atomic E-state index is 12.9. The van der Waals surface area contributed by atoms with Crippen LogP contribution in [0.1, 0.15) is 329 Å². The van der Waals surface area contributed by atoms with E-state index in [1.165, 1.54) is 193 Å². The van der Waals surface area contributed by atoms with Gasteiger partial charge in [0.15, 0.2) is 6.10 Å². The lowest BCUT2D eigenvalue weighted by molar-refractivity contribution is -0.167. The van der Waals surface area contributed by atoms with Gasteiger partial charge in [0.05, 0.1) is 0 Å². The smallest absolute Gasteiger partial charge is 0.306 e. The zero-order valence-electron chi connectivity index (χ0n) is 47.5. The highest BCUT2D eigenvalue weighted by Gasteiger charge is 2.19. The van der Waals surface area contributed by atoms with Crippen molar-refractivity contribution in [3.8, 4) is 0 Å². The quantitative estimate of drug-likeness (QED) is 0.0261. The molecule has 0 N–H and O–H groups in total. The Labute approximate surface area is 441 Å². The van der Waals surface area contributed by atoms with Crippen LogP contribution in [0.2, 0.25) is 0 Å². The fraction of sp³-hybridized carbons (Fsp3) is 0.831. The minimum Gasteiger partial charge on any atom is -0.462 e. The van der Waals surface area contributed by atoms with Crippen molar-refractivity contribution in [1.29, 1.82) is 0 Å². The Morgan fingerprint density at radius 2 is 0.549 bits per heavy atom. The summed E-state index contributed by atoms with van der Waals surface area (Å²) in [4.78, 5) is 38.2. The van der Waals surface area contributed by atoms with Gasteiger partial charge in [-0.05, 0) is 57.8 Å². The lowest BCUT2D eigenvalue weighted by Gasteiger charge is -2.18. The van der Waals surface area contributed by atoms with Crippen molar-refractivity contribution < 1.29 is 28.6 Å². The van der Waals surface area contributed by atoms with Crippen molar-refractivity contribution in [1.82, 2.24) is 0 Å². The van der Waals surface area contributed by atoms with Crippen LogP contribution in [-0.2, 0) is 28.6 Å². The van der Waals surface area contributed by atoms with E-state index in [1.807, 2.05) is 0 Å². The van der Waals surface area contributed by atoms with Gasteiger partial charge in [0, 0.05) is 19.3 Å². The summed E-state index contributed by atoms with van der Waals surface area (Å²) in [6.45, 7) is 6.56. The molecule has 6 nitrogen and oxygen atoms in total. The molecule has 0 aliphatic carbocycles. The monoisotopic (exact) mass is 995 g/mol. The van der Waals surface area contributed by atoms with Crippen LogP contribution in [0.3, 0.4) is 0 Å². The summed E-state index contributed by atoms with van der Waals surface area (Å²) < 4.78 is 16.9. The van der Waals surface area contributed by atoms with E-state index in [1.54, 1.807) is 0 Å². The summed E-state index contributed by atoms with van der Waals surface area (Å²) in [5, 5.41) is 0. The molecular formula is C65H118O6. The van der Waals surface area contributed by atoms with Crippen LogP contribution in [0, 0.1) is 0 Å². The van der Waals surface area contributed by atoms with Crippen LogP contribution in [0.25, 0.3) is 0 Å². The van der Waals surface area contributed by atoms with Crippen molar-refractivity contribution in [2.75, 3.05) is 13.2 Å². The summed E-state index contributed by atoms with van der Waals surface area (Å²) in [6.07, 6.45) is 74.0. The van der Waals surface area contributed by atoms with Crippen molar-refractivity contribution in [3.63, 3.8) is 0 Å². The van der Waals surface area contributed by atoms with Crippen LogP contribution in [0.4, 0.5) is 0 Å². The molecule has 0 bridgehead atoms. The van der Waals surface area contributed by atoms with Gasteiger partial charge < -0.3 is 14.2 Å². The van der Waals surface area contributed by atoms with Gasteiger partial charge >= 0.3 is 17.9 Å². The van der Waals surface area contributed by atoms with Gasteiger partial charge in [0.1, 0.15) is 13.2 Å². The Morgan fingerprint density at radius 3 is 0.859 bits per heavy atom. The fourth-order valence-corrected chi connectivity index (χ4v) is 9.20. The highest BCUT2D eigenvalue weighted by atomic mass is 16.6. The number of rotatable bonds is 57. The molecule has 0 aromatic rings. The molecule has 0 aliphatic heterocycles. The summed E-state index contributed by atoms with van der Waals surface area (Å²) in [7, 11) is 0. The largest absolute Gasteiger partial charge is 0.462 e. The Morgan fingerprint density at radius 1 is 0.296 bits per heavy atom. The van der Waals surface area contributed by atoms with Crippen LogP contribution in [0.15, 0.2) is 48.6 Å². The average molecular weight is 996 g/mol. The topological polar surface area (TPSA) is 78.9 Å². The molecule has 0 aromatic heterocycles. The van der Waals surface area contributed by atoms with Crippen LogP contribution in [0.5, 0.6) is 0 Å². The number of ether oxygens (including phenoxy) is 3. The number of allylic oxidation sites excluding steroid dienone is 8. The van der Waals surface area contributed by atoms with Gasteiger partial charge in [-0.15, -0.1) is 0 Å². The predicted octanol–water partition coefficient (Wildman–Crippen LogP) is 21.0. The lowest BCUT2D eigenvalue weighted by atomic mass is 10.0. The van der Waals surface area contributed by atoms with E-state index in [-0.39, 0.29) is 31.1 Å². The molecule has 0 saturated heterocycles. The van der Waals surface area contributed by atoms with Crippen molar-refractivity contribution >= 4 is 17.9 Å². The second-order valence-corrected chi connectivity index (χ2v) is 21.0. The first kappa shape index (κ1) is 68.4. The molecule has 0 saturated carbocycles. The van der Waals surface area contributed by atoms with Crippen LogP contribution < -0.4 is 0 Å². The van der Waals surface area contributed by atoms with Crippen LogP contribution in [-0.4, -0.2) is 37.2 Å². The molecule has 0 fully saturated rings. The Kier molecular flexibility index (Phi) is 57.7. The first-order valence-corrected chi connectivity index (χ1v) is 31.1. The molecular weight excluding hydrogens is 877 g/mol. The zero-order chi connectivity index (χ0) is 51.4. The van der Waals surface area contributed by atoms with E-state index in [9.17, 15) is 14.4 Å². The molecule has 1 unspecified atom stereocenters. The molecule has 0 rings (SSSR count). The van der Waals surface area contributed by atoms with Gasteiger partial charge in [-0.2, -0.15) is 0 Å². The maximum Gasteiger partial charge on any atom is 0.306 e. The van der Waals surface area contributed by atoms with Crippen molar-refractivity contribution in [3.05, 3.63) is 48.6 Å². The molecule has 0 amide bonds. The second-order valence-electron chi connectivity index (χ2n) is 21.0. The first-order chi connectivity index (χ1) is 35.0. The van der Waals surface area contributed by atoms with Gasteiger partial charge in [0.2, 0.25) is 0 Å². The third-order valence-corrected chi connectivity index (χ3v) is 13.8. The van der Waals surface area contributed by atoms with Crippen LogP contribution >= 0.6 is 0 Å². The van der Waals surface area contributed by atoms with E-state index in [0.29, 0.717) is 19.3 Å². The number of esters is 3. The summed E-state index contributed by atoms with van der Waals surface area (Å²) in [6, 6.07) is 0. The lowest BCUT2D eigenvalue weighted by Crippen LogP contribution is -2.30. The minimum absolute atomic E-state index is 0.0745. The number of unbranched alkanes of at least 4 members (excludes halogenated alkanes) is 38. The molecule has 0 radical (unpaired) electrons. The van der Waals surface area contributed by atoms with E-state index < -0.39 is 6.10 Å². The van der Waals surface area contributed by atoms with E-state index in [4.69, 9.17) is 14.2 Å². The molecule has 1 atom stereocenters. The third kappa shape index (κ3) is 58.1. The maximum atomic E-state index is 12.9. The molecule has 0 heterocycles. The second kappa shape index (κ2) is 59.9. The Hall–Kier alpha value is -2.63. The zero-order valence-corrected chi connectivity index (χ0v) is 47.5. The van der Waals surface area contributed by atoms with Gasteiger partial charge in [-0.3, -0.25) is 14.4 Å². The number of carbonyl (C=O) groups excluding carboxylic acids is 3. The van der Waals surface area contributed by atoms with E-state index in [2.05, 4.69) is 69.4 Å². The normalized spacial score (nSPS) is 12.3. The van der Waals surface area contributed by atoms with Crippen molar-refractivity contribution in [2.24, 2.45) is 0 Å². The Balaban J connectivity index is 4.26. The van der Waals surface area contributed by atoms with Gasteiger partial charge in [-0.25, -0.2) is 0 Å². The highest BCUT2D eigenvalue weighted by molar-refractivity contribution is 5.71. The van der Waals surface area contributed by atoms with Crippen molar-refractivity contribution in [2.45, 2.75) is 335 Å². The minimum atomic E-state index is -0.777. The molecule has 71 heavy (non-hydrogen) atoms.